The molecule has 2 aliphatic heterocycles. The van der Waals surface area contributed by atoms with Gasteiger partial charge in [0.25, 0.3) is 0 Å². The molecule has 276 valence electrons. The molecule has 1 N–H and O–H groups in total. The van der Waals surface area contributed by atoms with Gasteiger partial charge in [-0.2, -0.15) is 0 Å². The normalized spacial score (nSPS) is 22.5. The molecule has 0 saturated carbocycles. The van der Waals surface area contributed by atoms with E-state index in [-0.39, 0.29) is 28.6 Å². The molecule has 11 rings (SSSR count). The van der Waals surface area contributed by atoms with Crippen LogP contribution in [0.15, 0.2) is 182 Å². The largest absolute Gasteiger partial charge is 0.355 e. The van der Waals surface area contributed by atoms with Crippen LogP contribution in [-0.2, 0) is 10.8 Å². The number of benzene rings is 6. The van der Waals surface area contributed by atoms with Crippen molar-refractivity contribution in [2.45, 2.75) is 56.3 Å². The highest BCUT2D eigenvalue weighted by Crippen LogP contribution is 2.57. The minimum atomic E-state index is -0.140. The smallest absolute Gasteiger partial charge is 0.171 e. The molecule has 0 fully saturated rings. The highest BCUT2D eigenvalue weighted by atomic mass is 15.2. The third kappa shape index (κ3) is 5.18. The monoisotopic (exact) mass is 734 g/mol. The van der Waals surface area contributed by atoms with E-state index in [4.69, 9.17) is 0 Å². The summed E-state index contributed by atoms with van der Waals surface area (Å²) in [6.07, 6.45) is 14.6. The van der Waals surface area contributed by atoms with Crippen molar-refractivity contribution in [2.24, 2.45) is 5.92 Å². The van der Waals surface area contributed by atoms with Crippen molar-refractivity contribution in [3.05, 3.63) is 209 Å². The van der Waals surface area contributed by atoms with Crippen LogP contribution in [0.1, 0.15) is 61.4 Å². The summed E-state index contributed by atoms with van der Waals surface area (Å²) in [5.74, 6) is 0.749. The maximum absolute atomic E-state index is 4.16. The van der Waals surface area contributed by atoms with Gasteiger partial charge >= 0.3 is 0 Å². The van der Waals surface area contributed by atoms with Crippen molar-refractivity contribution in [1.29, 1.82) is 0 Å². The van der Waals surface area contributed by atoms with Crippen LogP contribution in [0, 0.1) is 5.92 Å². The van der Waals surface area contributed by atoms with Gasteiger partial charge in [0.05, 0.1) is 6.04 Å². The standard InChI is InChI=1S/C54H47BN2/c1-53(2)43-24-13-14-28-48(43)57-49-33-37(35-19-9-6-10-20-35)31-41(51(49)55-45-26-16-25-44(53)52(45)57)39-30-29-36(34-17-7-5-8-18-34)32-47(39)56-46-27-15-22-40-38-21-11-12-23-42(38)54(3,4)50(40)46/h5-33,41,43,48,51,55-56H,1-4H3. The van der Waals surface area contributed by atoms with E-state index in [1.807, 2.05) is 0 Å². The molecule has 57 heavy (non-hydrogen) atoms. The van der Waals surface area contributed by atoms with Crippen molar-refractivity contribution in [2.75, 3.05) is 10.2 Å². The number of fused-ring (bicyclic) bond motifs is 7. The third-order valence-electron chi connectivity index (χ3n) is 14.0. The molecule has 5 aliphatic rings. The van der Waals surface area contributed by atoms with Gasteiger partial charge in [-0.3, -0.25) is 0 Å². The second-order valence-electron chi connectivity index (χ2n) is 17.8. The summed E-state index contributed by atoms with van der Waals surface area (Å²) in [5, 5.41) is 4.16. The van der Waals surface area contributed by atoms with Gasteiger partial charge in [0.15, 0.2) is 7.28 Å². The molecule has 2 heterocycles. The van der Waals surface area contributed by atoms with Crippen LogP contribution in [0.25, 0.3) is 27.8 Å². The van der Waals surface area contributed by atoms with Gasteiger partial charge in [-0.25, -0.2) is 0 Å². The van der Waals surface area contributed by atoms with Crippen molar-refractivity contribution < 1.29 is 0 Å². The molecule has 3 aliphatic carbocycles. The maximum atomic E-state index is 4.16. The zero-order valence-corrected chi connectivity index (χ0v) is 33.2. The Morgan fingerprint density at radius 1 is 0.614 bits per heavy atom. The number of allylic oxidation sites excluding steroid dienone is 6. The SMILES string of the molecule is CC1(C)c2ccccc2-c2cccc(Nc3cc(-c4ccccc4)ccc3C3C=C(c4ccccc4)C=C4C3Bc3cccc5c3N4C3C=CC=CC3C5(C)C)c21. The molecule has 0 amide bonds. The maximum Gasteiger partial charge on any atom is 0.171 e. The fourth-order valence-electron chi connectivity index (χ4n) is 11.2. The Kier molecular flexibility index (Phi) is 7.64. The van der Waals surface area contributed by atoms with Crippen LogP contribution in [0.4, 0.5) is 17.1 Å². The van der Waals surface area contributed by atoms with E-state index >= 15 is 0 Å². The molecule has 6 aromatic rings. The Bertz CT molecular complexity index is 2710. The Hall–Kier alpha value is -6.06. The summed E-state index contributed by atoms with van der Waals surface area (Å²) >= 11 is 0. The number of nitrogens with one attached hydrogen (secondary N) is 1. The Morgan fingerprint density at radius 2 is 1.32 bits per heavy atom. The molecular formula is C54H47BN2. The average Bonchev–Trinajstić information content (AvgIpc) is 3.49. The van der Waals surface area contributed by atoms with Gasteiger partial charge in [-0.05, 0) is 79.7 Å². The molecule has 3 heteroatoms. The number of anilines is 3. The summed E-state index contributed by atoms with van der Waals surface area (Å²) in [6.45, 7) is 9.67. The summed E-state index contributed by atoms with van der Waals surface area (Å²) in [5.41, 5.74) is 19.8. The molecule has 0 bridgehead atoms. The molecule has 0 aromatic heterocycles. The molecule has 0 saturated heterocycles. The first-order chi connectivity index (χ1) is 27.8. The Balaban J connectivity index is 1.12. The topological polar surface area (TPSA) is 15.3 Å². The molecule has 4 atom stereocenters. The number of rotatable bonds is 5. The Morgan fingerprint density at radius 3 is 2.14 bits per heavy atom. The van der Waals surface area contributed by atoms with Gasteiger partial charge in [-0.15, -0.1) is 0 Å². The van der Waals surface area contributed by atoms with Gasteiger partial charge in [0.1, 0.15) is 0 Å². The predicted molar refractivity (Wildman–Crippen MR) is 242 cm³/mol. The van der Waals surface area contributed by atoms with E-state index < -0.39 is 0 Å². The average molecular weight is 735 g/mol. The lowest BCUT2D eigenvalue weighted by Crippen LogP contribution is -2.57. The minimum absolute atomic E-state index is 0.0150. The second-order valence-corrected chi connectivity index (χ2v) is 17.8. The van der Waals surface area contributed by atoms with Gasteiger partial charge in [0, 0.05) is 45.4 Å². The first kappa shape index (κ1) is 34.2. The number of nitrogens with zero attached hydrogens (tertiary/aromatic N) is 1. The summed E-state index contributed by atoms with van der Waals surface area (Å²) in [6, 6.07) is 52.2. The van der Waals surface area contributed by atoms with Crippen molar-refractivity contribution in [1.82, 2.24) is 0 Å². The van der Waals surface area contributed by atoms with Crippen LogP contribution in [-0.4, -0.2) is 13.3 Å². The molecule has 2 nitrogen and oxygen atoms in total. The van der Waals surface area contributed by atoms with E-state index in [0.717, 1.165) is 7.28 Å². The number of hydrogen-bond donors (Lipinski definition) is 1. The van der Waals surface area contributed by atoms with E-state index in [1.54, 1.807) is 0 Å². The van der Waals surface area contributed by atoms with Crippen LogP contribution in [0.2, 0.25) is 5.82 Å². The Labute approximate surface area is 338 Å². The molecule has 6 aromatic carbocycles. The lowest BCUT2D eigenvalue weighted by Gasteiger charge is -2.56. The highest BCUT2D eigenvalue weighted by molar-refractivity contribution is 6.59. The number of hydrogen-bond acceptors (Lipinski definition) is 2. The van der Waals surface area contributed by atoms with Gasteiger partial charge in [0.2, 0.25) is 0 Å². The fourth-order valence-corrected chi connectivity index (χ4v) is 11.2. The van der Waals surface area contributed by atoms with E-state index in [1.165, 1.54) is 83.9 Å². The van der Waals surface area contributed by atoms with Crippen molar-refractivity contribution in [3.63, 3.8) is 0 Å². The predicted octanol–water partition coefficient (Wildman–Crippen LogP) is 12.2. The zero-order valence-electron chi connectivity index (χ0n) is 33.2. The molecule has 0 radical (unpaired) electrons. The van der Waals surface area contributed by atoms with Crippen molar-refractivity contribution >= 4 is 35.4 Å². The number of para-hydroxylation sites is 1. The van der Waals surface area contributed by atoms with Crippen molar-refractivity contribution in [3.8, 4) is 22.3 Å². The first-order valence-electron chi connectivity index (χ1n) is 20.7. The van der Waals surface area contributed by atoms with Crippen LogP contribution in [0.3, 0.4) is 0 Å². The van der Waals surface area contributed by atoms with Crippen LogP contribution >= 0.6 is 0 Å². The summed E-state index contributed by atoms with van der Waals surface area (Å²) < 4.78 is 0. The van der Waals surface area contributed by atoms with E-state index in [0.29, 0.717) is 5.92 Å². The lowest BCUT2D eigenvalue weighted by molar-refractivity contribution is 0.326. The van der Waals surface area contributed by atoms with Gasteiger partial charge in [-0.1, -0.05) is 191 Å². The molecule has 0 spiro atoms. The molecular weight excluding hydrogens is 687 g/mol. The third-order valence-corrected chi connectivity index (χ3v) is 14.0. The second kappa shape index (κ2) is 12.7. The molecule has 4 unspecified atom stereocenters. The zero-order chi connectivity index (χ0) is 38.5. The van der Waals surface area contributed by atoms with Crippen LogP contribution < -0.4 is 15.7 Å². The van der Waals surface area contributed by atoms with E-state index in [2.05, 4.69) is 214 Å². The highest BCUT2D eigenvalue weighted by Gasteiger charge is 2.50. The summed E-state index contributed by atoms with van der Waals surface area (Å²) in [4.78, 5) is 2.76. The fraction of sp³-hybridized carbons (Fsp3) is 0.185. The van der Waals surface area contributed by atoms with Gasteiger partial charge < -0.3 is 10.2 Å². The van der Waals surface area contributed by atoms with E-state index in [9.17, 15) is 0 Å². The van der Waals surface area contributed by atoms with Crippen LogP contribution in [0.5, 0.6) is 0 Å². The first-order valence-corrected chi connectivity index (χ1v) is 20.7. The lowest BCUT2D eigenvalue weighted by atomic mass is 9.47. The minimum Gasteiger partial charge on any atom is -0.355 e. The quantitative estimate of drug-likeness (QED) is 0.177. The summed E-state index contributed by atoms with van der Waals surface area (Å²) in [7, 11) is 0.991.